The number of rotatable bonds is 9. The van der Waals surface area contributed by atoms with E-state index in [4.69, 9.17) is 26.8 Å². The number of benzene rings is 2. The van der Waals surface area contributed by atoms with Crippen LogP contribution in [0.5, 0.6) is 11.5 Å². The zero-order valence-electron chi connectivity index (χ0n) is 16.8. The quantitative estimate of drug-likeness (QED) is 0.250. The van der Waals surface area contributed by atoms with Gasteiger partial charge < -0.3 is 14.6 Å². The number of hydrogen-bond donors (Lipinski definition) is 1. The summed E-state index contributed by atoms with van der Waals surface area (Å²) in [5.74, 6) is -1.11. The average Bonchev–Trinajstić information content (AvgIpc) is 3.03. The number of hydrogen-bond acceptors (Lipinski definition) is 8. The summed E-state index contributed by atoms with van der Waals surface area (Å²) in [6.07, 6.45) is 1.09. The molecule has 32 heavy (non-hydrogen) atoms. The van der Waals surface area contributed by atoms with Crippen LogP contribution >= 0.6 is 24.0 Å². The predicted octanol–water partition coefficient (Wildman–Crippen LogP) is 3.86. The van der Waals surface area contributed by atoms with Crippen molar-refractivity contribution in [1.82, 2.24) is 4.90 Å². The van der Waals surface area contributed by atoms with Crippen molar-refractivity contribution in [3.8, 4) is 11.5 Å². The van der Waals surface area contributed by atoms with Crippen molar-refractivity contribution >= 4 is 51.9 Å². The van der Waals surface area contributed by atoms with Crippen LogP contribution in [0.25, 0.3) is 6.08 Å². The van der Waals surface area contributed by atoms with Crippen LogP contribution in [0.2, 0.25) is 0 Å². The largest absolute Gasteiger partial charge is 0.493 e. The Bertz CT molecular complexity index is 1100. The van der Waals surface area contributed by atoms with Gasteiger partial charge in [0, 0.05) is 6.54 Å². The number of aliphatic carboxylic acids is 1. The molecule has 0 spiro atoms. The van der Waals surface area contributed by atoms with Crippen LogP contribution in [0.15, 0.2) is 47.4 Å². The van der Waals surface area contributed by atoms with Gasteiger partial charge in [0.2, 0.25) is 0 Å². The number of amides is 1. The molecule has 0 aromatic heterocycles. The van der Waals surface area contributed by atoms with Gasteiger partial charge in [0.1, 0.15) is 10.9 Å². The SMILES string of the molecule is COc1cc(/C=C2/SC(=S)N(CCC(=O)O)C2=O)c([N+](=O)[O-])cc1OCc1ccccc1. The maximum atomic E-state index is 12.6. The van der Waals surface area contributed by atoms with Gasteiger partial charge in [-0.3, -0.25) is 24.6 Å². The van der Waals surface area contributed by atoms with Gasteiger partial charge in [-0.25, -0.2) is 0 Å². The average molecular weight is 475 g/mol. The highest BCUT2D eigenvalue weighted by molar-refractivity contribution is 8.26. The summed E-state index contributed by atoms with van der Waals surface area (Å²) in [4.78, 5) is 35.9. The van der Waals surface area contributed by atoms with Gasteiger partial charge in [0.25, 0.3) is 11.6 Å². The molecule has 1 amide bonds. The third kappa shape index (κ3) is 5.42. The van der Waals surface area contributed by atoms with Gasteiger partial charge in [-0.2, -0.15) is 0 Å². The minimum atomic E-state index is -1.06. The molecule has 0 atom stereocenters. The van der Waals surface area contributed by atoms with E-state index in [-0.39, 0.29) is 51.5 Å². The van der Waals surface area contributed by atoms with Crippen molar-refractivity contribution in [2.45, 2.75) is 13.0 Å². The number of methoxy groups -OCH3 is 1. The maximum Gasteiger partial charge on any atom is 0.305 e. The molecule has 1 heterocycles. The van der Waals surface area contributed by atoms with E-state index in [1.807, 2.05) is 30.3 Å². The van der Waals surface area contributed by atoms with Crippen molar-refractivity contribution in [3.63, 3.8) is 0 Å². The van der Waals surface area contributed by atoms with Gasteiger partial charge in [-0.15, -0.1) is 0 Å². The van der Waals surface area contributed by atoms with Crippen molar-refractivity contribution in [1.29, 1.82) is 0 Å². The molecule has 0 saturated carbocycles. The van der Waals surface area contributed by atoms with E-state index in [1.165, 1.54) is 30.2 Å². The fourth-order valence-electron chi connectivity index (χ4n) is 2.89. The van der Waals surface area contributed by atoms with Crippen LogP contribution in [0.3, 0.4) is 0 Å². The van der Waals surface area contributed by atoms with Crippen LogP contribution in [-0.2, 0) is 16.2 Å². The van der Waals surface area contributed by atoms with Crippen LogP contribution in [0, 0.1) is 10.1 Å². The van der Waals surface area contributed by atoms with Gasteiger partial charge in [-0.1, -0.05) is 54.3 Å². The normalized spacial score (nSPS) is 14.7. The molecule has 1 saturated heterocycles. The standard InChI is InChI=1S/C21H18N2O7S2/c1-29-16-9-14(10-18-20(26)22(21(31)32-18)8-7-19(24)25)15(23(27)28)11-17(16)30-12-13-5-3-2-4-6-13/h2-6,9-11H,7-8,12H2,1H3,(H,24,25)/b18-10+. The number of carboxylic acids is 1. The molecule has 0 bridgehead atoms. The van der Waals surface area contributed by atoms with Crippen LogP contribution in [-0.4, -0.2) is 44.8 Å². The van der Waals surface area contributed by atoms with Crippen molar-refractivity contribution in [2.75, 3.05) is 13.7 Å². The van der Waals surface area contributed by atoms with Gasteiger partial charge in [-0.05, 0) is 17.7 Å². The molecule has 1 aliphatic rings. The molecule has 2 aromatic carbocycles. The fraction of sp³-hybridized carbons (Fsp3) is 0.190. The van der Waals surface area contributed by atoms with E-state index < -0.39 is 16.8 Å². The Morgan fingerprint density at radius 3 is 2.62 bits per heavy atom. The Kier molecular flexibility index (Phi) is 7.44. The molecule has 11 heteroatoms. The lowest BCUT2D eigenvalue weighted by atomic mass is 10.1. The summed E-state index contributed by atoms with van der Waals surface area (Å²) in [6, 6.07) is 12.0. The highest BCUT2D eigenvalue weighted by atomic mass is 32.2. The van der Waals surface area contributed by atoms with E-state index in [9.17, 15) is 19.7 Å². The second-order valence-corrected chi connectivity index (χ2v) is 8.25. The van der Waals surface area contributed by atoms with Gasteiger partial charge in [0.15, 0.2) is 11.5 Å². The van der Waals surface area contributed by atoms with Crippen LogP contribution in [0.1, 0.15) is 17.5 Å². The lowest BCUT2D eigenvalue weighted by molar-refractivity contribution is -0.385. The Morgan fingerprint density at radius 1 is 1.28 bits per heavy atom. The topological polar surface area (TPSA) is 119 Å². The number of thioether (sulfide) groups is 1. The number of thiocarbonyl (C=S) groups is 1. The molecule has 0 unspecified atom stereocenters. The third-order valence-electron chi connectivity index (χ3n) is 4.46. The molecule has 1 N–H and O–H groups in total. The lowest BCUT2D eigenvalue weighted by Gasteiger charge is -2.13. The van der Waals surface area contributed by atoms with Crippen molar-refractivity contribution in [3.05, 3.63) is 68.6 Å². The summed E-state index contributed by atoms with van der Waals surface area (Å²) in [6.45, 7) is 0.116. The Labute approximate surface area is 192 Å². The smallest absolute Gasteiger partial charge is 0.305 e. The summed E-state index contributed by atoms with van der Waals surface area (Å²) < 4.78 is 11.3. The molecule has 0 radical (unpaired) electrons. The molecular formula is C21H18N2O7S2. The highest BCUT2D eigenvalue weighted by Gasteiger charge is 2.33. The number of nitro groups is 1. The molecule has 2 aromatic rings. The number of nitro benzene ring substituents is 1. The number of ether oxygens (including phenoxy) is 2. The molecule has 9 nitrogen and oxygen atoms in total. The fourth-order valence-corrected chi connectivity index (χ4v) is 4.19. The van der Waals surface area contributed by atoms with E-state index in [2.05, 4.69) is 0 Å². The van der Waals surface area contributed by atoms with Crippen LogP contribution in [0.4, 0.5) is 5.69 Å². The summed E-state index contributed by atoms with van der Waals surface area (Å²) in [7, 11) is 1.41. The van der Waals surface area contributed by atoms with E-state index in [0.717, 1.165) is 17.3 Å². The van der Waals surface area contributed by atoms with Crippen molar-refractivity contribution in [2.24, 2.45) is 0 Å². The lowest BCUT2D eigenvalue weighted by Crippen LogP contribution is -2.30. The monoisotopic (exact) mass is 474 g/mol. The molecule has 1 fully saturated rings. The minimum absolute atomic E-state index is 0.0744. The Hall–Kier alpha value is -3.44. The molecule has 166 valence electrons. The summed E-state index contributed by atoms with van der Waals surface area (Å²) >= 11 is 6.11. The number of carbonyl (C=O) groups is 2. The first-order chi connectivity index (χ1) is 15.3. The van der Waals surface area contributed by atoms with Crippen molar-refractivity contribution < 1.29 is 29.1 Å². The summed E-state index contributed by atoms with van der Waals surface area (Å²) in [5.41, 5.74) is 0.744. The molecule has 1 aliphatic heterocycles. The van der Waals surface area contributed by atoms with Gasteiger partial charge in [0.05, 0.1) is 35.0 Å². The highest BCUT2D eigenvalue weighted by Crippen LogP contribution is 2.39. The van der Waals surface area contributed by atoms with Gasteiger partial charge >= 0.3 is 5.97 Å². The molecular weight excluding hydrogens is 456 g/mol. The zero-order valence-corrected chi connectivity index (χ0v) is 18.5. The van der Waals surface area contributed by atoms with E-state index >= 15 is 0 Å². The number of carbonyl (C=O) groups excluding carboxylic acids is 1. The first-order valence-electron chi connectivity index (χ1n) is 9.30. The molecule has 3 rings (SSSR count). The Balaban J connectivity index is 1.91. The minimum Gasteiger partial charge on any atom is -0.493 e. The predicted molar refractivity (Wildman–Crippen MR) is 123 cm³/mol. The second kappa shape index (κ2) is 10.2. The number of nitrogens with zero attached hydrogens (tertiary/aromatic N) is 2. The van der Waals surface area contributed by atoms with E-state index in [0.29, 0.717) is 0 Å². The van der Waals surface area contributed by atoms with Crippen LogP contribution < -0.4 is 9.47 Å². The number of carboxylic acid groups (broad SMARTS) is 1. The molecule has 0 aliphatic carbocycles. The summed E-state index contributed by atoms with van der Waals surface area (Å²) in [5, 5.41) is 20.5. The zero-order chi connectivity index (χ0) is 23.3. The third-order valence-corrected chi connectivity index (χ3v) is 5.83. The maximum absolute atomic E-state index is 12.6. The Morgan fingerprint density at radius 2 is 2.00 bits per heavy atom. The second-order valence-electron chi connectivity index (χ2n) is 6.57. The van der Waals surface area contributed by atoms with E-state index in [1.54, 1.807) is 0 Å². The first kappa shape index (κ1) is 23.2. The first-order valence-corrected chi connectivity index (χ1v) is 10.5.